The normalized spacial score (nSPS) is 11.1. The third-order valence-electron chi connectivity index (χ3n) is 2.43. The van der Waals surface area contributed by atoms with Gasteiger partial charge < -0.3 is 25.0 Å². The molecule has 1 aromatic carbocycles. The van der Waals surface area contributed by atoms with Crippen LogP contribution in [0.1, 0.15) is 31.9 Å². The maximum absolute atomic E-state index is 11.4. The zero-order valence-electron chi connectivity index (χ0n) is 12.7. The second kappa shape index (κ2) is 7.85. The van der Waals surface area contributed by atoms with Gasteiger partial charge in [0.25, 0.3) is 0 Å². The molecule has 6 heteroatoms. The van der Waals surface area contributed by atoms with Crippen LogP contribution in [0.15, 0.2) is 18.2 Å². The van der Waals surface area contributed by atoms with E-state index in [0.29, 0.717) is 23.4 Å². The third-order valence-corrected chi connectivity index (χ3v) is 2.43. The Labute approximate surface area is 124 Å². The van der Waals surface area contributed by atoms with Crippen molar-refractivity contribution in [2.45, 2.75) is 39.6 Å². The van der Waals surface area contributed by atoms with E-state index in [2.05, 4.69) is 5.32 Å². The molecule has 0 unspecified atom stereocenters. The summed E-state index contributed by atoms with van der Waals surface area (Å²) in [6.07, 6.45) is -0.494. The molecule has 1 rings (SSSR count). The molecular formula is C15H23NO5. The van der Waals surface area contributed by atoms with Crippen LogP contribution < -0.4 is 10.1 Å². The van der Waals surface area contributed by atoms with Gasteiger partial charge in [0.1, 0.15) is 18.0 Å². The van der Waals surface area contributed by atoms with E-state index in [0.717, 1.165) is 0 Å². The molecule has 0 spiro atoms. The van der Waals surface area contributed by atoms with Crippen LogP contribution in [-0.2, 0) is 18.0 Å². The van der Waals surface area contributed by atoms with Crippen LogP contribution in [-0.4, -0.2) is 35.1 Å². The van der Waals surface area contributed by atoms with Gasteiger partial charge in [0.2, 0.25) is 0 Å². The second-order valence-corrected chi connectivity index (χ2v) is 5.58. The molecule has 0 aliphatic rings. The van der Waals surface area contributed by atoms with Gasteiger partial charge in [0.15, 0.2) is 0 Å². The molecule has 1 aromatic rings. The highest BCUT2D eigenvalue weighted by Crippen LogP contribution is 2.17. The first-order chi connectivity index (χ1) is 9.84. The van der Waals surface area contributed by atoms with E-state index >= 15 is 0 Å². The van der Waals surface area contributed by atoms with E-state index in [1.807, 2.05) is 0 Å². The summed E-state index contributed by atoms with van der Waals surface area (Å²) < 4.78 is 10.6. The van der Waals surface area contributed by atoms with Crippen molar-refractivity contribution in [2.24, 2.45) is 0 Å². The lowest BCUT2D eigenvalue weighted by molar-refractivity contribution is 0.0520. The van der Waals surface area contributed by atoms with Crippen molar-refractivity contribution in [1.29, 1.82) is 0 Å². The van der Waals surface area contributed by atoms with Crippen LogP contribution in [0.3, 0.4) is 0 Å². The zero-order chi connectivity index (χ0) is 15.9. The number of aliphatic hydroxyl groups excluding tert-OH is 2. The summed E-state index contributed by atoms with van der Waals surface area (Å²) in [5, 5.41) is 20.8. The smallest absolute Gasteiger partial charge is 0.407 e. The van der Waals surface area contributed by atoms with Crippen molar-refractivity contribution in [3.8, 4) is 5.75 Å². The van der Waals surface area contributed by atoms with Crippen molar-refractivity contribution >= 4 is 6.09 Å². The molecule has 1 amide bonds. The van der Waals surface area contributed by atoms with Crippen LogP contribution >= 0.6 is 0 Å². The minimum atomic E-state index is -0.531. The average molecular weight is 297 g/mol. The van der Waals surface area contributed by atoms with Crippen molar-refractivity contribution in [2.75, 3.05) is 13.2 Å². The summed E-state index contributed by atoms with van der Waals surface area (Å²) in [7, 11) is 0. The van der Waals surface area contributed by atoms with Crippen LogP contribution in [0.4, 0.5) is 4.79 Å². The molecule has 0 aliphatic heterocycles. The number of hydrogen-bond acceptors (Lipinski definition) is 5. The molecule has 0 heterocycles. The number of hydrogen-bond donors (Lipinski definition) is 3. The Bertz CT molecular complexity index is 445. The summed E-state index contributed by atoms with van der Waals surface area (Å²) in [5.74, 6) is 0.539. The number of carbonyl (C=O) groups excluding carboxylic acids is 1. The molecule has 0 saturated carbocycles. The molecule has 0 radical (unpaired) electrons. The minimum Gasteiger partial charge on any atom is -0.492 e. The molecule has 3 N–H and O–H groups in total. The van der Waals surface area contributed by atoms with E-state index in [-0.39, 0.29) is 19.8 Å². The van der Waals surface area contributed by atoms with Gasteiger partial charge in [-0.1, -0.05) is 6.07 Å². The van der Waals surface area contributed by atoms with Crippen molar-refractivity contribution in [3.05, 3.63) is 29.3 Å². The quantitative estimate of drug-likeness (QED) is 0.694. The Hall–Kier alpha value is -1.79. The van der Waals surface area contributed by atoms with Crippen molar-refractivity contribution < 1.29 is 24.5 Å². The molecule has 0 aliphatic carbocycles. The summed E-state index contributed by atoms with van der Waals surface area (Å²) in [4.78, 5) is 11.4. The fraction of sp³-hybridized carbons (Fsp3) is 0.533. The Kier molecular flexibility index (Phi) is 6.45. The van der Waals surface area contributed by atoms with Crippen LogP contribution in [0.25, 0.3) is 0 Å². The fourth-order valence-corrected chi connectivity index (χ4v) is 1.63. The lowest BCUT2D eigenvalue weighted by atomic mass is 10.1. The maximum Gasteiger partial charge on any atom is 0.407 e. The monoisotopic (exact) mass is 297 g/mol. The number of benzene rings is 1. The molecule has 0 aromatic heterocycles. The molecule has 0 atom stereocenters. The second-order valence-electron chi connectivity index (χ2n) is 5.58. The first-order valence-corrected chi connectivity index (χ1v) is 6.78. The molecule has 0 fully saturated rings. The van der Waals surface area contributed by atoms with Crippen LogP contribution in [0.5, 0.6) is 5.75 Å². The van der Waals surface area contributed by atoms with Gasteiger partial charge in [0, 0.05) is 0 Å². The SMILES string of the molecule is CC(C)(C)OC(=O)NCCOc1cc(CO)cc(CO)c1. The number of carbonyl (C=O) groups is 1. The predicted octanol–water partition coefficient (Wildman–Crippen LogP) is 1.57. The number of aliphatic hydroxyl groups is 2. The third kappa shape index (κ3) is 6.97. The highest BCUT2D eigenvalue weighted by Gasteiger charge is 2.15. The molecule has 21 heavy (non-hydrogen) atoms. The number of ether oxygens (including phenoxy) is 2. The van der Waals surface area contributed by atoms with Gasteiger partial charge in [-0.25, -0.2) is 4.79 Å². The Balaban J connectivity index is 2.40. The highest BCUT2D eigenvalue weighted by atomic mass is 16.6. The molecule has 118 valence electrons. The van der Waals surface area contributed by atoms with Gasteiger partial charge in [-0.15, -0.1) is 0 Å². The number of alkyl carbamates (subject to hydrolysis) is 1. The van der Waals surface area contributed by atoms with Gasteiger partial charge in [-0.05, 0) is 44.0 Å². The molecular weight excluding hydrogens is 274 g/mol. The van der Waals surface area contributed by atoms with Gasteiger partial charge >= 0.3 is 6.09 Å². The van der Waals surface area contributed by atoms with E-state index in [9.17, 15) is 4.79 Å². The van der Waals surface area contributed by atoms with Crippen molar-refractivity contribution in [3.63, 3.8) is 0 Å². The maximum atomic E-state index is 11.4. The highest BCUT2D eigenvalue weighted by molar-refractivity contribution is 5.67. The Morgan fingerprint density at radius 1 is 1.14 bits per heavy atom. The summed E-state index contributed by atoms with van der Waals surface area (Å²) >= 11 is 0. The lowest BCUT2D eigenvalue weighted by Crippen LogP contribution is -2.34. The van der Waals surface area contributed by atoms with Crippen LogP contribution in [0.2, 0.25) is 0 Å². The van der Waals surface area contributed by atoms with Crippen molar-refractivity contribution in [1.82, 2.24) is 5.32 Å². The standard InChI is InChI=1S/C15H23NO5/c1-15(2,3)21-14(19)16-4-5-20-13-7-11(9-17)6-12(8-13)10-18/h6-8,17-18H,4-5,9-10H2,1-3H3,(H,16,19). The van der Waals surface area contributed by atoms with E-state index in [1.165, 1.54) is 0 Å². The molecule has 0 saturated heterocycles. The summed E-state index contributed by atoms with van der Waals surface area (Å²) in [5.41, 5.74) is 0.796. The predicted molar refractivity (Wildman–Crippen MR) is 78.0 cm³/mol. The van der Waals surface area contributed by atoms with E-state index < -0.39 is 11.7 Å². The van der Waals surface area contributed by atoms with E-state index in [4.69, 9.17) is 19.7 Å². The van der Waals surface area contributed by atoms with Gasteiger partial charge in [0.05, 0.1) is 19.8 Å². The average Bonchev–Trinajstić information content (AvgIpc) is 2.41. The van der Waals surface area contributed by atoms with Gasteiger partial charge in [-0.2, -0.15) is 0 Å². The summed E-state index contributed by atoms with van der Waals surface area (Å²) in [6, 6.07) is 5.07. The fourth-order valence-electron chi connectivity index (χ4n) is 1.63. The number of nitrogens with one attached hydrogen (secondary N) is 1. The Morgan fingerprint density at radius 2 is 1.71 bits per heavy atom. The Morgan fingerprint density at radius 3 is 2.19 bits per heavy atom. The lowest BCUT2D eigenvalue weighted by Gasteiger charge is -2.19. The van der Waals surface area contributed by atoms with E-state index in [1.54, 1.807) is 39.0 Å². The number of amides is 1. The first-order valence-electron chi connectivity index (χ1n) is 6.78. The van der Waals surface area contributed by atoms with Crippen LogP contribution in [0, 0.1) is 0 Å². The molecule has 6 nitrogen and oxygen atoms in total. The minimum absolute atomic E-state index is 0.125. The topological polar surface area (TPSA) is 88.0 Å². The number of rotatable bonds is 6. The summed E-state index contributed by atoms with van der Waals surface area (Å²) in [6.45, 7) is 5.69. The first kappa shape index (κ1) is 17.3. The zero-order valence-corrected chi connectivity index (χ0v) is 12.7. The molecule has 0 bridgehead atoms. The largest absolute Gasteiger partial charge is 0.492 e. The van der Waals surface area contributed by atoms with Gasteiger partial charge in [-0.3, -0.25) is 0 Å².